The van der Waals surface area contributed by atoms with Gasteiger partial charge in [-0.3, -0.25) is 14.5 Å². The molecule has 2 amide bonds. The number of carbonyl (C=O) groups excluding carboxylic acids is 2. The molecule has 10 heteroatoms. The van der Waals surface area contributed by atoms with Crippen molar-refractivity contribution in [2.75, 3.05) is 20.7 Å². The number of rotatable bonds is 4. The van der Waals surface area contributed by atoms with Crippen LogP contribution in [0.3, 0.4) is 0 Å². The van der Waals surface area contributed by atoms with Crippen molar-refractivity contribution in [3.63, 3.8) is 0 Å². The van der Waals surface area contributed by atoms with Crippen molar-refractivity contribution >= 4 is 12.0 Å². The molecule has 29 heavy (non-hydrogen) atoms. The highest BCUT2D eigenvalue weighted by molar-refractivity contribution is 5.85. The molecule has 2 atom stereocenters. The molecule has 0 aliphatic carbocycles. The lowest BCUT2D eigenvalue weighted by Gasteiger charge is -2.29. The van der Waals surface area contributed by atoms with E-state index in [4.69, 9.17) is 14.3 Å². The van der Waals surface area contributed by atoms with Gasteiger partial charge in [0.1, 0.15) is 23.5 Å². The summed E-state index contributed by atoms with van der Waals surface area (Å²) in [5.41, 5.74) is -1.55. The number of hydrogen-bond donors (Lipinski definition) is 0. The number of nitrogens with zero attached hydrogens (tertiary/aromatic N) is 2. The van der Waals surface area contributed by atoms with Gasteiger partial charge in [0.25, 0.3) is 5.91 Å². The van der Waals surface area contributed by atoms with Gasteiger partial charge in [-0.25, -0.2) is 9.86 Å². The zero-order valence-corrected chi connectivity index (χ0v) is 16.9. The van der Waals surface area contributed by atoms with E-state index in [9.17, 15) is 22.8 Å². The van der Waals surface area contributed by atoms with Crippen LogP contribution in [0.1, 0.15) is 32.8 Å². The summed E-state index contributed by atoms with van der Waals surface area (Å²) >= 11 is 0. The first kappa shape index (κ1) is 22.8. The zero-order valence-electron chi connectivity index (χ0n) is 16.9. The minimum absolute atomic E-state index is 0.0455. The first-order valence-corrected chi connectivity index (χ1v) is 8.97. The van der Waals surface area contributed by atoms with Gasteiger partial charge >= 0.3 is 12.3 Å². The average molecular weight is 418 g/mol. The molecule has 1 saturated heterocycles. The smallest absolute Gasteiger partial charge is 0.416 e. The van der Waals surface area contributed by atoms with Crippen LogP contribution in [-0.4, -0.2) is 60.4 Å². The van der Waals surface area contributed by atoms with Crippen LogP contribution in [-0.2, 0) is 20.5 Å². The van der Waals surface area contributed by atoms with Gasteiger partial charge in [0, 0.05) is 13.5 Å². The molecule has 7 nitrogen and oxygen atoms in total. The second kappa shape index (κ2) is 8.48. The van der Waals surface area contributed by atoms with E-state index in [0.717, 1.165) is 17.2 Å². The second-order valence-electron chi connectivity index (χ2n) is 7.66. The number of ether oxygens (including phenoxy) is 2. The molecule has 0 radical (unpaired) electrons. The van der Waals surface area contributed by atoms with Gasteiger partial charge in [0.05, 0.1) is 19.2 Å². The van der Waals surface area contributed by atoms with E-state index in [2.05, 4.69) is 0 Å². The van der Waals surface area contributed by atoms with Crippen LogP contribution in [0.15, 0.2) is 24.3 Å². The summed E-state index contributed by atoms with van der Waals surface area (Å²) in [7, 11) is 2.74. The first-order chi connectivity index (χ1) is 13.3. The van der Waals surface area contributed by atoms with Gasteiger partial charge in [0.15, 0.2) is 0 Å². The minimum atomic E-state index is -4.44. The Kier molecular flexibility index (Phi) is 6.67. The highest BCUT2D eigenvalue weighted by atomic mass is 19.4. The molecule has 1 aliphatic rings. The van der Waals surface area contributed by atoms with E-state index in [1.807, 2.05) is 0 Å². The molecule has 0 bridgehead atoms. The SMILES string of the molecule is CON(C)C(=O)[C@@H]1C[C@@H](Oc2ccc(C(F)(F)F)cc2)CN1C(=O)OC(C)(C)C. The van der Waals surface area contributed by atoms with Crippen molar-refractivity contribution in [2.45, 2.75) is 51.1 Å². The van der Waals surface area contributed by atoms with E-state index in [0.29, 0.717) is 0 Å². The number of likely N-dealkylation sites (N-methyl/N-ethyl adjacent to an activating group) is 1. The summed E-state index contributed by atoms with van der Waals surface area (Å²) < 4.78 is 49.2. The van der Waals surface area contributed by atoms with Crippen molar-refractivity contribution in [3.05, 3.63) is 29.8 Å². The van der Waals surface area contributed by atoms with Gasteiger partial charge in [0.2, 0.25) is 0 Å². The average Bonchev–Trinajstić information content (AvgIpc) is 3.02. The quantitative estimate of drug-likeness (QED) is 0.701. The molecule has 1 aromatic carbocycles. The van der Waals surface area contributed by atoms with Crippen LogP contribution in [0.5, 0.6) is 5.75 Å². The van der Waals surface area contributed by atoms with Crippen LogP contribution in [0, 0.1) is 0 Å². The van der Waals surface area contributed by atoms with Crippen LogP contribution in [0.25, 0.3) is 0 Å². The predicted molar refractivity (Wildman–Crippen MR) is 97.0 cm³/mol. The molecular formula is C19H25F3N2O5. The number of alkyl halides is 3. The summed E-state index contributed by atoms with van der Waals surface area (Å²) in [6, 6.07) is 3.36. The molecule has 0 saturated carbocycles. The Morgan fingerprint density at radius 2 is 1.72 bits per heavy atom. The maximum atomic E-state index is 12.7. The number of likely N-dealkylation sites (tertiary alicyclic amines) is 1. The Morgan fingerprint density at radius 3 is 2.21 bits per heavy atom. The third-order valence-electron chi connectivity index (χ3n) is 4.24. The Balaban J connectivity index is 2.16. The molecule has 162 valence electrons. The van der Waals surface area contributed by atoms with E-state index < -0.39 is 41.5 Å². The van der Waals surface area contributed by atoms with Gasteiger partial charge in [-0.1, -0.05) is 0 Å². The van der Waals surface area contributed by atoms with Crippen molar-refractivity contribution < 1.29 is 37.1 Å². The summed E-state index contributed by atoms with van der Waals surface area (Å²) in [5, 5.41) is 1.00. The molecule has 1 heterocycles. The summed E-state index contributed by atoms with van der Waals surface area (Å²) in [6.45, 7) is 5.16. The van der Waals surface area contributed by atoms with Crippen LogP contribution >= 0.6 is 0 Å². The zero-order chi connectivity index (χ0) is 22.0. The molecule has 2 rings (SSSR count). The summed E-state index contributed by atoms with van der Waals surface area (Å²) in [4.78, 5) is 31.3. The van der Waals surface area contributed by atoms with Crippen LogP contribution < -0.4 is 4.74 Å². The lowest BCUT2D eigenvalue weighted by Crippen LogP contribution is -2.47. The molecule has 0 N–H and O–H groups in total. The highest BCUT2D eigenvalue weighted by Crippen LogP contribution is 2.31. The fourth-order valence-corrected chi connectivity index (χ4v) is 2.85. The Morgan fingerprint density at radius 1 is 1.14 bits per heavy atom. The number of benzene rings is 1. The molecule has 1 aliphatic heterocycles. The standard InChI is InChI=1S/C19H25F3N2O5/c1-18(2,3)29-17(26)24-11-14(10-15(24)16(25)23(4)27-5)28-13-8-6-12(7-9-13)19(20,21)22/h6-9,14-15H,10-11H2,1-5H3/t14-,15+/m1/s1. The largest absolute Gasteiger partial charge is 0.488 e. The number of amides is 2. The van der Waals surface area contributed by atoms with E-state index >= 15 is 0 Å². The Bertz CT molecular complexity index is 731. The van der Waals surface area contributed by atoms with Crippen molar-refractivity contribution in [3.8, 4) is 5.75 Å². The van der Waals surface area contributed by atoms with Crippen molar-refractivity contribution in [1.82, 2.24) is 9.96 Å². The fourth-order valence-electron chi connectivity index (χ4n) is 2.85. The maximum absolute atomic E-state index is 12.7. The molecule has 0 spiro atoms. The summed E-state index contributed by atoms with van der Waals surface area (Å²) in [6.07, 6.45) is -5.58. The number of halogens is 3. The monoisotopic (exact) mass is 418 g/mol. The molecule has 1 aromatic rings. The topological polar surface area (TPSA) is 68.3 Å². The highest BCUT2D eigenvalue weighted by Gasteiger charge is 2.44. The second-order valence-corrected chi connectivity index (χ2v) is 7.66. The maximum Gasteiger partial charge on any atom is 0.416 e. The lowest BCUT2D eigenvalue weighted by molar-refractivity contribution is -0.173. The van der Waals surface area contributed by atoms with E-state index in [-0.39, 0.29) is 18.7 Å². The normalized spacial score (nSPS) is 19.8. The Labute approximate surface area is 167 Å². The molecule has 1 fully saturated rings. The Hall–Kier alpha value is -2.49. The van der Waals surface area contributed by atoms with Gasteiger partial charge in [-0.2, -0.15) is 13.2 Å². The van der Waals surface area contributed by atoms with Gasteiger partial charge < -0.3 is 9.47 Å². The summed E-state index contributed by atoms with van der Waals surface area (Å²) in [5.74, 6) is -0.253. The number of carbonyl (C=O) groups is 2. The fraction of sp³-hybridized carbons (Fsp3) is 0.579. The number of hydrogen-bond acceptors (Lipinski definition) is 5. The third kappa shape index (κ3) is 5.99. The van der Waals surface area contributed by atoms with Gasteiger partial charge in [-0.15, -0.1) is 0 Å². The van der Waals surface area contributed by atoms with Crippen LogP contribution in [0.4, 0.5) is 18.0 Å². The minimum Gasteiger partial charge on any atom is -0.488 e. The molecular weight excluding hydrogens is 393 g/mol. The number of hydroxylamine groups is 2. The molecule has 0 unspecified atom stereocenters. The van der Waals surface area contributed by atoms with Gasteiger partial charge in [-0.05, 0) is 45.0 Å². The predicted octanol–water partition coefficient (Wildman–Crippen LogP) is 3.48. The first-order valence-electron chi connectivity index (χ1n) is 8.97. The lowest BCUT2D eigenvalue weighted by atomic mass is 10.1. The van der Waals surface area contributed by atoms with Crippen LogP contribution in [0.2, 0.25) is 0 Å². The molecule has 0 aromatic heterocycles. The van der Waals surface area contributed by atoms with Crippen molar-refractivity contribution in [1.29, 1.82) is 0 Å². The van der Waals surface area contributed by atoms with Crippen molar-refractivity contribution in [2.24, 2.45) is 0 Å². The van der Waals surface area contributed by atoms with E-state index in [1.54, 1.807) is 20.8 Å². The third-order valence-corrected chi connectivity index (χ3v) is 4.24. The van der Waals surface area contributed by atoms with E-state index in [1.165, 1.54) is 31.2 Å².